The lowest BCUT2D eigenvalue weighted by atomic mass is 10.0. The van der Waals surface area contributed by atoms with E-state index in [0.717, 1.165) is 11.3 Å². The first kappa shape index (κ1) is 12.9. The van der Waals surface area contributed by atoms with E-state index in [1.54, 1.807) is 4.90 Å². The van der Waals surface area contributed by atoms with Crippen molar-refractivity contribution >= 4 is 11.8 Å². The van der Waals surface area contributed by atoms with Crippen molar-refractivity contribution in [1.82, 2.24) is 0 Å². The topological polar surface area (TPSA) is 49.8 Å². The molecule has 1 saturated heterocycles. The number of cyclic esters (lactones) is 1. The fourth-order valence-electron chi connectivity index (χ4n) is 2.11. The Morgan fingerprint density at radius 1 is 1.39 bits per heavy atom. The molecule has 1 aliphatic rings. The van der Waals surface area contributed by atoms with Gasteiger partial charge >= 0.3 is 6.09 Å². The second-order valence-corrected chi connectivity index (χ2v) is 4.83. The van der Waals surface area contributed by atoms with Crippen molar-refractivity contribution in [3.8, 4) is 0 Å². The van der Waals surface area contributed by atoms with Gasteiger partial charge in [0.1, 0.15) is 0 Å². The largest absolute Gasteiger partial charge is 0.449 e. The number of aryl methyl sites for hydroxylation is 2. The Balaban J connectivity index is 2.18. The summed E-state index contributed by atoms with van der Waals surface area (Å²) in [4.78, 5) is 13.4. The van der Waals surface area contributed by atoms with E-state index in [1.165, 1.54) is 5.56 Å². The minimum Gasteiger partial charge on any atom is -0.449 e. The van der Waals surface area contributed by atoms with Crippen LogP contribution >= 0.6 is 0 Å². The van der Waals surface area contributed by atoms with Crippen molar-refractivity contribution < 1.29 is 14.6 Å². The minimum absolute atomic E-state index is 0.128. The maximum atomic E-state index is 11.8. The van der Waals surface area contributed by atoms with Gasteiger partial charge in [-0.3, -0.25) is 4.90 Å². The molecule has 0 aromatic heterocycles. The van der Waals surface area contributed by atoms with E-state index in [1.807, 2.05) is 32.0 Å². The predicted octanol–water partition coefficient (Wildman–Crippen LogP) is 2.26. The third-order valence-corrected chi connectivity index (χ3v) is 3.44. The van der Waals surface area contributed by atoms with Crippen LogP contribution in [0.25, 0.3) is 0 Å². The smallest absolute Gasteiger partial charge is 0.414 e. The van der Waals surface area contributed by atoms with Crippen LogP contribution < -0.4 is 4.90 Å². The van der Waals surface area contributed by atoms with Gasteiger partial charge in [0, 0.05) is 24.8 Å². The van der Waals surface area contributed by atoms with Crippen LogP contribution in [0.2, 0.25) is 0 Å². The summed E-state index contributed by atoms with van der Waals surface area (Å²) in [6, 6.07) is 5.94. The Morgan fingerprint density at radius 2 is 2.17 bits per heavy atom. The van der Waals surface area contributed by atoms with Crippen LogP contribution in [-0.2, 0) is 4.74 Å². The van der Waals surface area contributed by atoms with Gasteiger partial charge in [0.05, 0.1) is 6.61 Å². The van der Waals surface area contributed by atoms with Gasteiger partial charge in [0.15, 0.2) is 0 Å². The molecule has 1 aliphatic heterocycles. The highest BCUT2D eigenvalue weighted by Gasteiger charge is 2.28. The van der Waals surface area contributed by atoms with Gasteiger partial charge in [-0.05, 0) is 43.5 Å². The summed E-state index contributed by atoms with van der Waals surface area (Å²) in [5, 5.41) is 8.96. The van der Waals surface area contributed by atoms with Crippen molar-refractivity contribution in [2.45, 2.75) is 20.3 Å². The number of hydrogen-bond donors (Lipinski definition) is 1. The van der Waals surface area contributed by atoms with Crippen molar-refractivity contribution in [3.05, 3.63) is 29.3 Å². The molecule has 1 aromatic carbocycles. The van der Waals surface area contributed by atoms with Crippen LogP contribution in [-0.4, -0.2) is 31.0 Å². The number of ether oxygens (including phenoxy) is 1. The second-order valence-electron chi connectivity index (χ2n) is 4.83. The SMILES string of the molecule is Cc1ccc(N2CC(CCO)COC2=O)cc1C. The van der Waals surface area contributed by atoms with Crippen molar-refractivity contribution in [1.29, 1.82) is 0 Å². The molecule has 1 amide bonds. The molecule has 1 aromatic rings. The van der Waals surface area contributed by atoms with Crippen LogP contribution in [0.3, 0.4) is 0 Å². The summed E-state index contributed by atoms with van der Waals surface area (Å²) in [6.45, 7) is 5.22. The number of aliphatic hydroxyl groups excluding tert-OH is 1. The van der Waals surface area contributed by atoms with Gasteiger partial charge in [-0.2, -0.15) is 0 Å². The number of carbonyl (C=O) groups is 1. The van der Waals surface area contributed by atoms with E-state index in [-0.39, 0.29) is 18.6 Å². The average Bonchev–Trinajstić information content (AvgIpc) is 2.35. The highest BCUT2D eigenvalue weighted by atomic mass is 16.6. The van der Waals surface area contributed by atoms with Crippen molar-refractivity contribution in [3.63, 3.8) is 0 Å². The van der Waals surface area contributed by atoms with Gasteiger partial charge in [0.2, 0.25) is 0 Å². The Morgan fingerprint density at radius 3 is 2.83 bits per heavy atom. The normalized spacial score (nSPS) is 19.8. The quantitative estimate of drug-likeness (QED) is 0.894. The summed E-state index contributed by atoms with van der Waals surface area (Å²) in [5.41, 5.74) is 3.23. The minimum atomic E-state index is -0.299. The summed E-state index contributed by atoms with van der Waals surface area (Å²) in [7, 11) is 0. The van der Waals surface area contributed by atoms with E-state index < -0.39 is 0 Å². The summed E-state index contributed by atoms with van der Waals surface area (Å²) in [6.07, 6.45) is 0.363. The zero-order valence-corrected chi connectivity index (χ0v) is 10.8. The molecule has 2 rings (SSSR count). The highest BCUT2D eigenvalue weighted by molar-refractivity contribution is 5.88. The van der Waals surface area contributed by atoms with Crippen LogP contribution in [0.1, 0.15) is 17.5 Å². The molecule has 0 bridgehead atoms. The summed E-state index contributed by atoms with van der Waals surface area (Å²) < 4.78 is 5.16. The molecule has 1 fully saturated rings. The molecule has 0 radical (unpaired) electrons. The van der Waals surface area contributed by atoms with E-state index in [2.05, 4.69) is 0 Å². The lowest BCUT2D eigenvalue weighted by Crippen LogP contribution is -2.43. The average molecular weight is 249 g/mol. The molecule has 1 N–H and O–H groups in total. The molecule has 0 aliphatic carbocycles. The van der Waals surface area contributed by atoms with Crippen molar-refractivity contribution in [2.24, 2.45) is 5.92 Å². The van der Waals surface area contributed by atoms with Crippen LogP contribution in [0.5, 0.6) is 0 Å². The van der Waals surface area contributed by atoms with Crippen LogP contribution in [0.4, 0.5) is 10.5 Å². The van der Waals surface area contributed by atoms with Crippen molar-refractivity contribution in [2.75, 3.05) is 24.7 Å². The monoisotopic (exact) mass is 249 g/mol. The molecule has 1 heterocycles. The molecule has 0 saturated carbocycles. The molecule has 4 heteroatoms. The Hall–Kier alpha value is -1.55. The Labute approximate surface area is 107 Å². The predicted molar refractivity (Wildman–Crippen MR) is 69.8 cm³/mol. The molecule has 1 atom stereocenters. The first-order valence-corrected chi connectivity index (χ1v) is 6.24. The van der Waals surface area contributed by atoms with Gasteiger partial charge in [0.25, 0.3) is 0 Å². The molecule has 98 valence electrons. The summed E-state index contributed by atoms with van der Waals surface area (Å²) >= 11 is 0. The first-order chi connectivity index (χ1) is 8.61. The molecule has 4 nitrogen and oxygen atoms in total. The Kier molecular flexibility index (Phi) is 3.87. The molecule has 0 spiro atoms. The molecular weight excluding hydrogens is 230 g/mol. The lowest BCUT2D eigenvalue weighted by Gasteiger charge is -2.32. The van der Waals surface area contributed by atoms with Gasteiger partial charge in [-0.25, -0.2) is 4.79 Å². The van der Waals surface area contributed by atoms with Gasteiger partial charge in [-0.15, -0.1) is 0 Å². The number of hydrogen-bond acceptors (Lipinski definition) is 3. The number of anilines is 1. The fourth-order valence-corrected chi connectivity index (χ4v) is 2.11. The fraction of sp³-hybridized carbons (Fsp3) is 0.500. The third-order valence-electron chi connectivity index (χ3n) is 3.44. The highest BCUT2D eigenvalue weighted by Crippen LogP contribution is 2.24. The van der Waals surface area contributed by atoms with E-state index in [4.69, 9.17) is 9.84 Å². The van der Waals surface area contributed by atoms with E-state index in [0.29, 0.717) is 19.6 Å². The third kappa shape index (κ3) is 2.64. The van der Waals surface area contributed by atoms with Gasteiger partial charge < -0.3 is 9.84 Å². The second kappa shape index (κ2) is 5.40. The number of carbonyl (C=O) groups excluding carboxylic acids is 1. The lowest BCUT2D eigenvalue weighted by molar-refractivity contribution is 0.104. The number of nitrogens with zero attached hydrogens (tertiary/aromatic N) is 1. The number of amides is 1. The first-order valence-electron chi connectivity index (χ1n) is 6.24. The maximum absolute atomic E-state index is 11.8. The van der Waals surface area contributed by atoms with E-state index >= 15 is 0 Å². The number of aliphatic hydroxyl groups is 1. The van der Waals surface area contributed by atoms with E-state index in [9.17, 15) is 4.79 Å². The standard InChI is InChI=1S/C14H19NO3/c1-10-3-4-13(7-11(10)2)15-8-12(5-6-16)9-18-14(15)17/h3-4,7,12,16H,5-6,8-9H2,1-2H3. The zero-order chi connectivity index (χ0) is 13.1. The summed E-state index contributed by atoms with van der Waals surface area (Å²) in [5.74, 6) is 0.203. The maximum Gasteiger partial charge on any atom is 0.414 e. The number of rotatable bonds is 3. The molecular formula is C14H19NO3. The zero-order valence-electron chi connectivity index (χ0n) is 10.8. The van der Waals surface area contributed by atoms with Crippen LogP contribution in [0.15, 0.2) is 18.2 Å². The molecule has 18 heavy (non-hydrogen) atoms. The molecule has 1 unspecified atom stereocenters. The Bertz CT molecular complexity index is 445. The van der Waals surface area contributed by atoms with Crippen LogP contribution in [0, 0.1) is 19.8 Å². The number of benzene rings is 1. The van der Waals surface area contributed by atoms with Gasteiger partial charge in [-0.1, -0.05) is 6.07 Å².